The molecule has 0 spiro atoms. The molecule has 0 radical (unpaired) electrons. The quantitative estimate of drug-likeness (QED) is 0.834. The van der Waals surface area contributed by atoms with Crippen LogP contribution in [0, 0.1) is 13.8 Å². The van der Waals surface area contributed by atoms with E-state index in [4.69, 9.17) is 4.74 Å². The maximum atomic E-state index is 12.2. The molecule has 1 aromatic heterocycles. The van der Waals surface area contributed by atoms with Gasteiger partial charge in [0.1, 0.15) is 5.82 Å². The molecule has 2 aromatic rings. The number of aryl methyl sites for hydroxylation is 2. The van der Waals surface area contributed by atoms with Crippen molar-refractivity contribution in [2.75, 3.05) is 44.7 Å². The molecule has 2 heterocycles. The number of amides is 1. The van der Waals surface area contributed by atoms with E-state index in [2.05, 4.69) is 46.5 Å². The SMILES string of the molecule is Cc1cccc(C)c1Nc1ccc(C(=O)NCCN2CCOCC2)cn1. The molecule has 0 atom stereocenters. The van der Waals surface area contributed by atoms with Gasteiger partial charge in [0, 0.05) is 38.1 Å². The molecule has 6 heteroatoms. The van der Waals surface area contributed by atoms with E-state index in [1.165, 1.54) is 0 Å². The van der Waals surface area contributed by atoms with E-state index in [-0.39, 0.29) is 5.91 Å². The molecule has 0 saturated carbocycles. The van der Waals surface area contributed by atoms with Crippen LogP contribution in [0.1, 0.15) is 21.5 Å². The number of carbonyl (C=O) groups excluding carboxylic acids is 1. The molecular formula is C20H26N4O2. The van der Waals surface area contributed by atoms with Crippen molar-refractivity contribution in [3.05, 3.63) is 53.2 Å². The van der Waals surface area contributed by atoms with Crippen LogP contribution in [0.15, 0.2) is 36.5 Å². The van der Waals surface area contributed by atoms with Gasteiger partial charge in [-0.2, -0.15) is 0 Å². The van der Waals surface area contributed by atoms with E-state index >= 15 is 0 Å². The van der Waals surface area contributed by atoms with E-state index in [0.717, 1.165) is 55.5 Å². The third-order valence-corrected chi connectivity index (χ3v) is 4.58. The molecule has 1 fully saturated rings. The van der Waals surface area contributed by atoms with Crippen molar-refractivity contribution in [3.8, 4) is 0 Å². The normalized spacial score (nSPS) is 14.8. The first-order valence-electron chi connectivity index (χ1n) is 9.01. The van der Waals surface area contributed by atoms with Gasteiger partial charge in [0.2, 0.25) is 0 Å². The third-order valence-electron chi connectivity index (χ3n) is 4.58. The van der Waals surface area contributed by atoms with Crippen molar-refractivity contribution in [3.63, 3.8) is 0 Å². The van der Waals surface area contributed by atoms with Gasteiger partial charge in [-0.3, -0.25) is 9.69 Å². The molecule has 6 nitrogen and oxygen atoms in total. The lowest BCUT2D eigenvalue weighted by atomic mass is 10.1. The number of aromatic nitrogens is 1. The Bertz CT molecular complexity index is 720. The number of rotatable bonds is 6. The summed E-state index contributed by atoms with van der Waals surface area (Å²) in [7, 11) is 0. The number of ether oxygens (including phenoxy) is 1. The van der Waals surface area contributed by atoms with Gasteiger partial charge in [-0.05, 0) is 37.1 Å². The van der Waals surface area contributed by atoms with E-state index in [1.54, 1.807) is 12.3 Å². The minimum atomic E-state index is -0.0932. The van der Waals surface area contributed by atoms with E-state index in [0.29, 0.717) is 12.1 Å². The zero-order valence-electron chi connectivity index (χ0n) is 15.4. The molecule has 26 heavy (non-hydrogen) atoms. The second-order valence-electron chi connectivity index (χ2n) is 6.53. The maximum Gasteiger partial charge on any atom is 0.252 e. The Labute approximate surface area is 154 Å². The number of carbonyl (C=O) groups is 1. The standard InChI is InChI=1S/C20H26N4O2/c1-15-4-3-5-16(2)19(15)23-18-7-6-17(14-22-18)20(25)21-8-9-24-10-12-26-13-11-24/h3-7,14H,8-13H2,1-2H3,(H,21,25)(H,22,23). The van der Waals surface area contributed by atoms with Crippen molar-refractivity contribution in [1.82, 2.24) is 15.2 Å². The van der Waals surface area contributed by atoms with Crippen molar-refractivity contribution in [2.24, 2.45) is 0 Å². The van der Waals surface area contributed by atoms with Gasteiger partial charge in [0.15, 0.2) is 0 Å². The van der Waals surface area contributed by atoms with Crippen molar-refractivity contribution in [2.45, 2.75) is 13.8 Å². The number of anilines is 2. The number of nitrogens with one attached hydrogen (secondary N) is 2. The molecule has 1 aromatic carbocycles. The van der Waals surface area contributed by atoms with E-state index in [1.807, 2.05) is 12.1 Å². The highest BCUT2D eigenvalue weighted by Crippen LogP contribution is 2.23. The van der Waals surface area contributed by atoms with Crippen LogP contribution in [0.3, 0.4) is 0 Å². The zero-order chi connectivity index (χ0) is 18.4. The van der Waals surface area contributed by atoms with Gasteiger partial charge in [-0.15, -0.1) is 0 Å². The number of benzene rings is 1. The fourth-order valence-electron chi connectivity index (χ4n) is 3.00. The Kier molecular flexibility index (Phi) is 6.20. The van der Waals surface area contributed by atoms with Crippen LogP contribution in [0.2, 0.25) is 0 Å². The summed E-state index contributed by atoms with van der Waals surface area (Å²) in [5, 5.41) is 6.28. The summed E-state index contributed by atoms with van der Waals surface area (Å²) in [6.07, 6.45) is 1.61. The van der Waals surface area contributed by atoms with Gasteiger partial charge in [-0.25, -0.2) is 4.98 Å². The van der Waals surface area contributed by atoms with E-state index in [9.17, 15) is 4.79 Å². The van der Waals surface area contributed by atoms with Crippen LogP contribution in [-0.2, 0) is 4.74 Å². The lowest BCUT2D eigenvalue weighted by Gasteiger charge is -2.26. The van der Waals surface area contributed by atoms with Gasteiger partial charge in [0.25, 0.3) is 5.91 Å². The highest BCUT2D eigenvalue weighted by molar-refractivity contribution is 5.94. The number of morpholine rings is 1. The highest BCUT2D eigenvalue weighted by atomic mass is 16.5. The first-order valence-corrected chi connectivity index (χ1v) is 9.01. The van der Waals surface area contributed by atoms with Crippen LogP contribution < -0.4 is 10.6 Å². The van der Waals surface area contributed by atoms with E-state index < -0.39 is 0 Å². The largest absolute Gasteiger partial charge is 0.379 e. The predicted molar refractivity (Wildman–Crippen MR) is 103 cm³/mol. The molecule has 1 aliphatic heterocycles. The third kappa shape index (κ3) is 4.80. The number of para-hydroxylation sites is 1. The van der Waals surface area contributed by atoms with Crippen LogP contribution in [0.4, 0.5) is 11.5 Å². The molecule has 1 aliphatic rings. The molecular weight excluding hydrogens is 328 g/mol. The Morgan fingerprint density at radius 2 is 1.88 bits per heavy atom. The second-order valence-corrected chi connectivity index (χ2v) is 6.53. The lowest BCUT2D eigenvalue weighted by Crippen LogP contribution is -2.41. The maximum absolute atomic E-state index is 12.2. The molecule has 2 N–H and O–H groups in total. The summed E-state index contributed by atoms with van der Waals surface area (Å²) in [5.41, 5.74) is 3.95. The van der Waals surface area contributed by atoms with Crippen LogP contribution in [0.5, 0.6) is 0 Å². The Balaban J connectivity index is 1.52. The van der Waals surface area contributed by atoms with Crippen LogP contribution in [0.25, 0.3) is 0 Å². The molecule has 3 rings (SSSR count). The fraction of sp³-hybridized carbons (Fsp3) is 0.400. The molecule has 138 valence electrons. The Morgan fingerprint density at radius 3 is 2.54 bits per heavy atom. The number of nitrogens with zero attached hydrogens (tertiary/aromatic N) is 2. The monoisotopic (exact) mass is 354 g/mol. The topological polar surface area (TPSA) is 66.5 Å². The molecule has 0 bridgehead atoms. The zero-order valence-corrected chi connectivity index (χ0v) is 15.4. The lowest BCUT2D eigenvalue weighted by molar-refractivity contribution is 0.0383. The van der Waals surface area contributed by atoms with Crippen LogP contribution in [-0.4, -0.2) is 55.2 Å². The second kappa shape index (κ2) is 8.78. The summed E-state index contributed by atoms with van der Waals surface area (Å²) in [5.74, 6) is 0.636. The summed E-state index contributed by atoms with van der Waals surface area (Å²) in [6.45, 7) is 8.98. The molecule has 0 aliphatic carbocycles. The summed E-state index contributed by atoms with van der Waals surface area (Å²) >= 11 is 0. The fourth-order valence-corrected chi connectivity index (χ4v) is 3.00. The minimum Gasteiger partial charge on any atom is -0.379 e. The molecule has 1 amide bonds. The highest BCUT2D eigenvalue weighted by Gasteiger charge is 2.11. The van der Waals surface area contributed by atoms with Crippen molar-refractivity contribution >= 4 is 17.4 Å². The van der Waals surface area contributed by atoms with Gasteiger partial charge in [-0.1, -0.05) is 18.2 Å². The summed E-state index contributed by atoms with van der Waals surface area (Å²) in [4.78, 5) is 18.9. The van der Waals surface area contributed by atoms with Gasteiger partial charge < -0.3 is 15.4 Å². The van der Waals surface area contributed by atoms with Crippen LogP contribution >= 0.6 is 0 Å². The Morgan fingerprint density at radius 1 is 1.15 bits per heavy atom. The molecule has 1 saturated heterocycles. The Hall–Kier alpha value is -2.44. The average Bonchev–Trinajstić information content (AvgIpc) is 2.66. The summed E-state index contributed by atoms with van der Waals surface area (Å²) < 4.78 is 5.32. The van der Waals surface area contributed by atoms with Gasteiger partial charge in [0.05, 0.1) is 18.8 Å². The minimum absolute atomic E-state index is 0.0932. The van der Waals surface area contributed by atoms with Crippen molar-refractivity contribution < 1.29 is 9.53 Å². The smallest absolute Gasteiger partial charge is 0.252 e. The first-order chi connectivity index (χ1) is 12.6. The number of pyridine rings is 1. The number of hydrogen-bond acceptors (Lipinski definition) is 5. The van der Waals surface area contributed by atoms with Gasteiger partial charge >= 0.3 is 0 Å². The predicted octanol–water partition coefficient (Wildman–Crippen LogP) is 2.50. The average molecular weight is 354 g/mol. The van der Waals surface area contributed by atoms with Crippen molar-refractivity contribution in [1.29, 1.82) is 0 Å². The summed E-state index contributed by atoms with van der Waals surface area (Å²) in [6, 6.07) is 9.79. The first kappa shape index (κ1) is 18.4. The number of hydrogen-bond donors (Lipinski definition) is 2. The molecule has 0 unspecified atom stereocenters.